The molecule has 7 nitrogen and oxygen atoms in total. The second kappa shape index (κ2) is 12.6. The maximum absolute atomic E-state index is 4.94. The number of guanidine groups is 1. The summed E-state index contributed by atoms with van der Waals surface area (Å²) in [5.74, 6) is 1.93. The van der Waals surface area contributed by atoms with Crippen LogP contribution in [0.3, 0.4) is 0 Å². The minimum Gasteiger partial charge on any atom is -0.364 e. The number of likely N-dealkylation sites (tertiary alicyclic amines) is 1. The lowest BCUT2D eigenvalue weighted by molar-refractivity contribution is 0.168. The predicted octanol–water partition coefficient (Wildman–Crippen LogP) is 2.50. The van der Waals surface area contributed by atoms with E-state index in [1.54, 1.807) is 6.26 Å². The van der Waals surface area contributed by atoms with Gasteiger partial charge < -0.3 is 19.6 Å². The number of piperidine rings is 1. The van der Waals surface area contributed by atoms with E-state index in [0.717, 1.165) is 63.4 Å². The van der Waals surface area contributed by atoms with Gasteiger partial charge in [-0.2, -0.15) is 0 Å². The summed E-state index contributed by atoms with van der Waals surface area (Å²) in [5.41, 5.74) is 1.01. The Bertz CT molecular complexity index is 551. The van der Waals surface area contributed by atoms with Crippen LogP contribution in [0.2, 0.25) is 0 Å². The highest BCUT2D eigenvalue weighted by Crippen LogP contribution is 2.20. The van der Waals surface area contributed by atoms with E-state index in [9.17, 15) is 0 Å². The van der Waals surface area contributed by atoms with E-state index in [2.05, 4.69) is 39.0 Å². The van der Waals surface area contributed by atoms with Crippen molar-refractivity contribution in [1.29, 1.82) is 0 Å². The van der Waals surface area contributed by atoms with Crippen LogP contribution in [0.5, 0.6) is 0 Å². The molecule has 8 heteroatoms. The Morgan fingerprint density at radius 2 is 1.89 bits per heavy atom. The molecule has 3 rings (SSSR count). The van der Waals surface area contributed by atoms with Gasteiger partial charge in [0.05, 0.1) is 5.69 Å². The first kappa shape index (κ1) is 23.4. The number of rotatable bonds is 7. The molecule has 2 fully saturated rings. The van der Waals surface area contributed by atoms with E-state index in [1.807, 2.05) is 6.07 Å². The van der Waals surface area contributed by atoms with Crippen LogP contribution in [0.15, 0.2) is 21.8 Å². The Balaban J connectivity index is 0.00000280. The molecule has 1 N–H and O–H groups in total. The molecule has 0 atom stereocenters. The van der Waals surface area contributed by atoms with Gasteiger partial charge in [0, 0.05) is 51.9 Å². The highest BCUT2D eigenvalue weighted by atomic mass is 127. The maximum atomic E-state index is 4.94. The van der Waals surface area contributed by atoms with Crippen molar-refractivity contribution in [3.8, 4) is 0 Å². The normalized spacial score (nSPS) is 20.2. The fraction of sp³-hybridized carbons (Fsp3) is 0.800. The predicted molar refractivity (Wildman–Crippen MR) is 124 cm³/mol. The summed E-state index contributed by atoms with van der Waals surface area (Å²) < 4.78 is 4.93. The quantitative estimate of drug-likeness (QED) is 0.350. The Morgan fingerprint density at radius 1 is 1.14 bits per heavy atom. The van der Waals surface area contributed by atoms with E-state index in [0.29, 0.717) is 0 Å². The summed E-state index contributed by atoms with van der Waals surface area (Å²) in [5, 5.41) is 7.51. The monoisotopic (exact) mass is 504 g/mol. The van der Waals surface area contributed by atoms with E-state index >= 15 is 0 Å². The Hall–Kier alpha value is -0.870. The molecule has 1 aromatic rings. The summed E-state index contributed by atoms with van der Waals surface area (Å²) in [6, 6.07) is 1.95. The van der Waals surface area contributed by atoms with Crippen LogP contribution in [-0.2, 0) is 6.54 Å². The zero-order valence-electron chi connectivity index (χ0n) is 17.5. The van der Waals surface area contributed by atoms with E-state index in [4.69, 9.17) is 9.52 Å². The van der Waals surface area contributed by atoms with Crippen LogP contribution in [0.25, 0.3) is 0 Å². The third kappa shape index (κ3) is 7.18. The number of halogens is 1. The summed E-state index contributed by atoms with van der Waals surface area (Å²) in [6.07, 6.45) is 5.54. The fourth-order valence-corrected chi connectivity index (χ4v) is 4.04. The molecule has 3 heterocycles. The molecule has 2 saturated heterocycles. The van der Waals surface area contributed by atoms with Crippen LogP contribution in [-0.4, -0.2) is 84.7 Å². The van der Waals surface area contributed by atoms with Crippen LogP contribution >= 0.6 is 24.0 Å². The van der Waals surface area contributed by atoms with E-state index < -0.39 is 0 Å². The fourth-order valence-electron chi connectivity index (χ4n) is 4.04. The maximum Gasteiger partial charge on any atom is 0.194 e. The molecule has 0 bridgehead atoms. The lowest BCUT2D eigenvalue weighted by Crippen LogP contribution is -2.52. The van der Waals surface area contributed by atoms with Gasteiger partial charge in [0.15, 0.2) is 5.96 Å². The zero-order chi connectivity index (χ0) is 18.9. The van der Waals surface area contributed by atoms with Crippen molar-refractivity contribution in [3.63, 3.8) is 0 Å². The van der Waals surface area contributed by atoms with E-state index in [-0.39, 0.29) is 24.0 Å². The van der Waals surface area contributed by atoms with Gasteiger partial charge in [-0.15, -0.1) is 24.0 Å². The van der Waals surface area contributed by atoms with Gasteiger partial charge >= 0.3 is 0 Å². The minimum absolute atomic E-state index is 0. The second-order valence-electron chi connectivity index (χ2n) is 7.66. The van der Waals surface area contributed by atoms with Crippen LogP contribution in [0.1, 0.15) is 38.8 Å². The van der Waals surface area contributed by atoms with Gasteiger partial charge in [0.1, 0.15) is 6.26 Å². The summed E-state index contributed by atoms with van der Waals surface area (Å²) in [7, 11) is 0. The molecule has 28 heavy (non-hydrogen) atoms. The van der Waals surface area contributed by atoms with Crippen molar-refractivity contribution in [2.75, 3.05) is 58.9 Å². The number of aromatic nitrogens is 1. The molecule has 160 valence electrons. The molecule has 0 radical (unpaired) electrons. The average Bonchev–Trinajstić information content (AvgIpc) is 3.21. The van der Waals surface area contributed by atoms with Gasteiger partial charge in [-0.05, 0) is 51.7 Å². The third-order valence-corrected chi connectivity index (χ3v) is 5.84. The van der Waals surface area contributed by atoms with Crippen LogP contribution < -0.4 is 5.32 Å². The SMILES string of the molecule is CCNC(=NCCC1CCN(CC)CC1)N1CCN(Cc2ccon2)CC1.I. The van der Waals surface area contributed by atoms with Crippen molar-refractivity contribution < 1.29 is 4.52 Å². The largest absolute Gasteiger partial charge is 0.364 e. The number of hydrogen-bond donors (Lipinski definition) is 1. The average molecular weight is 504 g/mol. The zero-order valence-corrected chi connectivity index (χ0v) is 19.8. The van der Waals surface area contributed by atoms with Crippen LogP contribution in [0, 0.1) is 5.92 Å². The minimum atomic E-state index is 0. The number of nitrogens with zero attached hydrogens (tertiary/aromatic N) is 5. The Morgan fingerprint density at radius 3 is 2.50 bits per heavy atom. The molecular weight excluding hydrogens is 467 g/mol. The number of piperazine rings is 1. The summed E-state index contributed by atoms with van der Waals surface area (Å²) in [4.78, 5) is 12.3. The molecule has 2 aliphatic rings. The van der Waals surface area contributed by atoms with Crippen molar-refractivity contribution in [1.82, 2.24) is 25.2 Å². The van der Waals surface area contributed by atoms with Gasteiger partial charge in [-0.25, -0.2) is 0 Å². The smallest absolute Gasteiger partial charge is 0.194 e. The molecule has 0 spiro atoms. The molecule has 0 amide bonds. The van der Waals surface area contributed by atoms with Gasteiger partial charge in [0.2, 0.25) is 0 Å². The molecule has 1 aromatic heterocycles. The van der Waals surface area contributed by atoms with Gasteiger partial charge in [0.25, 0.3) is 0 Å². The first-order valence-electron chi connectivity index (χ1n) is 10.7. The lowest BCUT2D eigenvalue weighted by atomic mass is 9.94. The number of aliphatic imine (C=N–C) groups is 1. The Labute approximate surface area is 186 Å². The van der Waals surface area contributed by atoms with Crippen molar-refractivity contribution in [3.05, 3.63) is 18.0 Å². The van der Waals surface area contributed by atoms with E-state index in [1.165, 1.54) is 38.9 Å². The van der Waals surface area contributed by atoms with Gasteiger partial charge in [-0.1, -0.05) is 12.1 Å². The molecule has 0 aromatic carbocycles. The molecular formula is C20H37IN6O. The molecule has 2 aliphatic heterocycles. The van der Waals surface area contributed by atoms with Crippen molar-refractivity contribution in [2.45, 2.75) is 39.7 Å². The Kier molecular flexibility index (Phi) is 10.6. The highest BCUT2D eigenvalue weighted by Gasteiger charge is 2.21. The summed E-state index contributed by atoms with van der Waals surface area (Å²) in [6.45, 7) is 15.0. The topological polar surface area (TPSA) is 60.1 Å². The second-order valence-corrected chi connectivity index (χ2v) is 7.66. The highest BCUT2D eigenvalue weighted by molar-refractivity contribution is 14.0. The molecule has 0 saturated carbocycles. The summed E-state index contributed by atoms with van der Waals surface area (Å²) >= 11 is 0. The van der Waals surface area contributed by atoms with Crippen molar-refractivity contribution >= 4 is 29.9 Å². The number of nitrogens with one attached hydrogen (secondary N) is 1. The first-order chi connectivity index (χ1) is 13.3. The standard InChI is InChI=1S/C20H36N6O.HI/c1-3-21-20(22-9-5-18-6-10-24(4-2)11-7-18)26-14-12-25(13-15-26)17-19-8-16-27-23-19;/h8,16,18H,3-7,9-15,17H2,1-2H3,(H,21,22);1H. The van der Waals surface area contributed by atoms with Gasteiger partial charge in [-0.3, -0.25) is 9.89 Å². The molecule has 0 unspecified atom stereocenters. The first-order valence-corrected chi connectivity index (χ1v) is 10.7. The van der Waals surface area contributed by atoms with Crippen molar-refractivity contribution in [2.24, 2.45) is 10.9 Å². The lowest BCUT2D eigenvalue weighted by Gasteiger charge is -2.36. The van der Waals surface area contributed by atoms with Crippen LogP contribution in [0.4, 0.5) is 0 Å². The third-order valence-electron chi connectivity index (χ3n) is 5.84. The number of hydrogen-bond acceptors (Lipinski definition) is 5. The molecule has 0 aliphatic carbocycles.